The third-order valence-electron chi connectivity index (χ3n) is 4.93. The number of pyridine rings is 1. The largest absolute Gasteiger partial charge is 0.496 e. The van der Waals surface area contributed by atoms with E-state index < -0.39 is 0 Å². The van der Waals surface area contributed by atoms with Crippen LogP contribution in [0.2, 0.25) is 5.02 Å². The number of fused-ring (bicyclic) bond motifs is 1. The molecule has 0 unspecified atom stereocenters. The first-order valence-corrected chi connectivity index (χ1v) is 8.97. The van der Waals surface area contributed by atoms with Crippen LogP contribution in [-0.4, -0.2) is 39.7 Å². The fourth-order valence-corrected chi connectivity index (χ4v) is 3.79. The number of piperidine rings is 1. The van der Waals surface area contributed by atoms with Gasteiger partial charge in [0.25, 0.3) is 0 Å². The summed E-state index contributed by atoms with van der Waals surface area (Å²) in [7, 11) is 1.70. The Morgan fingerprint density at radius 3 is 2.80 bits per heavy atom. The van der Waals surface area contributed by atoms with Gasteiger partial charge in [-0.1, -0.05) is 17.7 Å². The molecule has 0 bridgehead atoms. The van der Waals surface area contributed by atoms with Gasteiger partial charge < -0.3 is 4.74 Å². The molecular weight excluding hydrogens is 336 g/mol. The summed E-state index contributed by atoms with van der Waals surface area (Å²) in [5, 5.41) is 9.46. The normalized spacial score (nSPS) is 16.4. The number of nitrogens with zero attached hydrogens (tertiary/aromatic N) is 4. The predicted octanol–water partition coefficient (Wildman–Crippen LogP) is 3.77. The molecule has 0 aliphatic carbocycles. The van der Waals surface area contributed by atoms with Crippen molar-refractivity contribution >= 4 is 17.2 Å². The second kappa shape index (κ2) is 7.02. The van der Waals surface area contributed by atoms with E-state index in [1.807, 2.05) is 42.6 Å². The Bertz CT molecular complexity index is 871. The molecule has 6 heteroatoms. The molecule has 130 valence electrons. The molecule has 1 aromatic carbocycles. The van der Waals surface area contributed by atoms with Gasteiger partial charge in [0.1, 0.15) is 11.6 Å². The van der Waals surface area contributed by atoms with Gasteiger partial charge in [0.15, 0.2) is 5.65 Å². The van der Waals surface area contributed by atoms with Crippen molar-refractivity contribution in [2.24, 2.45) is 0 Å². The molecule has 0 amide bonds. The van der Waals surface area contributed by atoms with E-state index in [9.17, 15) is 0 Å². The van der Waals surface area contributed by atoms with Gasteiger partial charge in [-0.2, -0.15) is 0 Å². The maximum Gasteiger partial charge on any atom is 0.160 e. The van der Waals surface area contributed by atoms with Gasteiger partial charge in [0.2, 0.25) is 0 Å². The van der Waals surface area contributed by atoms with Crippen molar-refractivity contribution in [1.29, 1.82) is 0 Å². The Kier molecular flexibility index (Phi) is 4.59. The summed E-state index contributed by atoms with van der Waals surface area (Å²) in [5.41, 5.74) is 2.06. The number of rotatable bonds is 4. The molecule has 0 spiro atoms. The van der Waals surface area contributed by atoms with Crippen LogP contribution in [0.4, 0.5) is 0 Å². The molecule has 3 aromatic rings. The molecule has 0 atom stereocenters. The topological polar surface area (TPSA) is 42.7 Å². The van der Waals surface area contributed by atoms with E-state index in [0.717, 1.165) is 60.3 Å². The van der Waals surface area contributed by atoms with Gasteiger partial charge in [-0.3, -0.25) is 9.30 Å². The van der Waals surface area contributed by atoms with Crippen molar-refractivity contribution < 1.29 is 4.74 Å². The molecule has 2 aromatic heterocycles. The Labute approximate surface area is 152 Å². The Hall–Kier alpha value is -2.11. The molecule has 1 fully saturated rings. The standard InChI is InChI=1S/C19H21ClN4O/c1-25-17-6-5-16(20)12-15(17)13-23-10-7-14(8-11-23)19-22-21-18-4-2-3-9-24(18)19/h2-6,9,12,14H,7-8,10-11,13H2,1H3. The maximum atomic E-state index is 6.15. The van der Waals surface area contributed by atoms with Gasteiger partial charge >= 0.3 is 0 Å². The Morgan fingerprint density at radius 2 is 2.00 bits per heavy atom. The number of methoxy groups -OCH3 is 1. The summed E-state index contributed by atoms with van der Waals surface area (Å²) < 4.78 is 7.57. The first-order valence-electron chi connectivity index (χ1n) is 8.59. The molecule has 0 radical (unpaired) electrons. The minimum Gasteiger partial charge on any atom is -0.496 e. The zero-order valence-electron chi connectivity index (χ0n) is 14.2. The van der Waals surface area contributed by atoms with Crippen molar-refractivity contribution in [2.45, 2.75) is 25.3 Å². The molecule has 3 heterocycles. The second-order valence-electron chi connectivity index (χ2n) is 6.49. The first kappa shape index (κ1) is 16.4. The average molecular weight is 357 g/mol. The van der Waals surface area contributed by atoms with Gasteiger partial charge in [-0.25, -0.2) is 0 Å². The predicted molar refractivity (Wildman–Crippen MR) is 98.2 cm³/mol. The third kappa shape index (κ3) is 3.34. The van der Waals surface area contributed by atoms with Crippen molar-refractivity contribution in [3.63, 3.8) is 0 Å². The molecule has 5 nitrogen and oxygen atoms in total. The number of ether oxygens (including phenoxy) is 1. The van der Waals surface area contributed by atoms with Crippen molar-refractivity contribution in [3.05, 3.63) is 59.0 Å². The van der Waals surface area contributed by atoms with Crippen LogP contribution in [0.15, 0.2) is 42.6 Å². The quantitative estimate of drug-likeness (QED) is 0.713. The molecule has 4 rings (SSSR count). The fraction of sp³-hybridized carbons (Fsp3) is 0.368. The van der Waals surface area contributed by atoms with E-state index in [1.165, 1.54) is 0 Å². The molecule has 25 heavy (non-hydrogen) atoms. The Balaban J connectivity index is 1.44. The van der Waals surface area contributed by atoms with Gasteiger partial charge in [-0.05, 0) is 56.3 Å². The third-order valence-corrected chi connectivity index (χ3v) is 5.16. The van der Waals surface area contributed by atoms with Crippen LogP contribution < -0.4 is 4.74 Å². The van der Waals surface area contributed by atoms with E-state index >= 15 is 0 Å². The second-order valence-corrected chi connectivity index (χ2v) is 6.93. The summed E-state index contributed by atoms with van der Waals surface area (Å²) in [4.78, 5) is 2.45. The highest BCUT2D eigenvalue weighted by Crippen LogP contribution is 2.30. The van der Waals surface area contributed by atoms with Crippen molar-refractivity contribution in [3.8, 4) is 5.75 Å². The van der Waals surface area contributed by atoms with Gasteiger partial charge in [0, 0.05) is 29.2 Å². The first-order chi connectivity index (χ1) is 12.2. The molecule has 1 aliphatic heterocycles. The lowest BCUT2D eigenvalue weighted by Gasteiger charge is -2.31. The zero-order chi connectivity index (χ0) is 17.2. The van der Waals surface area contributed by atoms with Crippen LogP contribution in [-0.2, 0) is 6.54 Å². The summed E-state index contributed by atoms with van der Waals surface area (Å²) in [5.74, 6) is 2.43. The SMILES string of the molecule is COc1ccc(Cl)cc1CN1CCC(c2nnc3ccccn23)CC1. The average Bonchev–Trinajstić information content (AvgIpc) is 3.07. The number of aromatic nitrogens is 3. The van der Waals surface area contributed by atoms with E-state index in [0.29, 0.717) is 5.92 Å². The van der Waals surface area contributed by atoms with Crippen LogP contribution in [0.25, 0.3) is 5.65 Å². The van der Waals surface area contributed by atoms with E-state index in [-0.39, 0.29) is 0 Å². The molecule has 1 aliphatic rings. The number of hydrogen-bond acceptors (Lipinski definition) is 4. The number of halogens is 1. The van der Waals surface area contributed by atoms with Crippen molar-refractivity contribution in [2.75, 3.05) is 20.2 Å². The van der Waals surface area contributed by atoms with Crippen LogP contribution in [0.3, 0.4) is 0 Å². The van der Waals surface area contributed by atoms with E-state index in [2.05, 4.69) is 19.5 Å². The molecular formula is C19H21ClN4O. The Morgan fingerprint density at radius 1 is 1.16 bits per heavy atom. The fourth-order valence-electron chi connectivity index (χ4n) is 3.60. The highest BCUT2D eigenvalue weighted by molar-refractivity contribution is 6.30. The van der Waals surface area contributed by atoms with Crippen LogP contribution in [0, 0.1) is 0 Å². The summed E-state index contributed by atoms with van der Waals surface area (Å²) in [6.07, 6.45) is 4.21. The monoisotopic (exact) mass is 356 g/mol. The maximum absolute atomic E-state index is 6.15. The smallest absolute Gasteiger partial charge is 0.160 e. The lowest BCUT2D eigenvalue weighted by Crippen LogP contribution is -2.33. The van der Waals surface area contributed by atoms with Crippen molar-refractivity contribution in [1.82, 2.24) is 19.5 Å². The number of likely N-dealkylation sites (tertiary alicyclic amines) is 1. The number of benzene rings is 1. The molecule has 1 saturated heterocycles. The highest BCUT2D eigenvalue weighted by atomic mass is 35.5. The van der Waals surface area contributed by atoms with Crippen LogP contribution in [0.1, 0.15) is 30.1 Å². The lowest BCUT2D eigenvalue weighted by molar-refractivity contribution is 0.199. The van der Waals surface area contributed by atoms with Gasteiger partial charge in [-0.15, -0.1) is 10.2 Å². The minimum atomic E-state index is 0.454. The highest BCUT2D eigenvalue weighted by Gasteiger charge is 2.25. The van der Waals surface area contributed by atoms with Gasteiger partial charge in [0.05, 0.1) is 7.11 Å². The van der Waals surface area contributed by atoms with E-state index in [1.54, 1.807) is 7.11 Å². The van der Waals surface area contributed by atoms with Crippen LogP contribution in [0.5, 0.6) is 5.75 Å². The minimum absolute atomic E-state index is 0.454. The molecule has 0 saturated carbocycles. The van der Waals surface area contributed by atoms with E-state index in [4.69, 9.17) is 16.3 Å². The lowest BCUT2D eigenvalue weighted by atomic mass is 9.95. The summed E-state index contributed by atoms with van der Waals surface area (Å²) >= 11 is 6.15. The van der Waals surface area contributed by atoms with Crippen LogP contribution >= 0.6 is 11.6 Å². The summed E-state index contributed by atoms with van der Waals surface area (Å²) in [6.45, 7) is 2.92. The summed E-state index contributed by atoms with van der Waals surface area (Å²) in [6, 6.07) is 11.8. The molecule has 0 N–H and O–H groups in total. The number of hydrogen-bond donors (Lipinski definition) is 0. The zero-order valence-corrected chi connectivity index (χ0v) is 15.0.